The fourth-order valence-corrected chi connectivity index (χ4v) is 3.39. The lowest BCUT2D eigenvalue weighted by Gasteiger charge is -2.25. The summed E-state index contributed by atoms with van der Waals surface area (Å²) in [7, 11) is 0. The van der Waals surface area contributed by atoms with Crippen LogP contribution in [0.4, 0.5) is 4.39 Å². The van der Waals surface area contributed by atoms with Crippen molar-refractivity contribution in [3.05, 3.63) is 88.2 Å². The number of allylic oxidation sites excluding steroid dienone is 1. The summed E-state index contributed by atoms with van der Waals surface area (Å²) >= 11 is 0. The van der Waals surface area contributed by atoms with Crippen LogP contribution < -0.4 is 10.5 Å². The molecule has 0 saturated heterocycles. The van der Waals surface area contributed by atoms with Gasteiger partial charge in [-0.15, -0.1) is 0 Å². The average molecular weight is 360 g/mol. The van der Waals surface area contributed by atoms with Crippen molar-refractivity contribution in [3.63, 3.8) is 0 Å². The maximum Gasteiger partial charge on any atom is 0.229 e. The zero-order valence-electron chi connectivity index (χ0n) is 14.9. The van der Waals surface area contributed by atoms with Gasteiger partial charge in [-0.05, 0) is 37.6 Å². The van der Waals surface area contributed by atoms with Crippen LogP contribution >= 0.6 is 0 Å². The lowest BCUT2D eigenvalue weighted by Crippen LogP contribution is -2.22. The third-order valence-corrected chi connectivity index (χ3v) is 4.70. The SMILES string of the molecule is Cc1ccc([C@@H]2C(C#N)=C(N)Oc3c2c(C)nn3-c2cccc(F)c2)cc1. The van der Waals surface area contributed by atoms with Crippen LogP contribution in [0.2, 0.25) is 0 Å². The molecule has 0 unspecified atom stereocenters. The van der Waals surface area contributed by atoms with Crippen molar-refractivity contribution in [1.29, 1.82) is 5.26 Å². The highest BCUT2D eigenvalue weighted by Gasteiger charge is 2.36. The molecule has 0 bridgehead atoms. The highest BCUT2D eigenvalue weighted by Crippen LogP contribution is 2.44. The van der Waals surface area contributed by atoms with Gasteiger partial charge >= 0.3 is 0 Å². The van der Waals surface area contributed by atoms with Crippen molar-refractivity contribution >= 4 is 0 Å². The minimum Gasteiger partial charge on any atom is -0.422 e. The molecule has 1 aliphatic heterocycles. The number of aromatic nitrogens is 2. The van der Waals surface area contributed by atoms with Crippen LogP contribution in [0.25, 0.3) is 5.69 Å². The number of halogens is 1. The van der Waals surface area contributed by atoms with E-state index in [-0.39, 0.29) is 17.6 Å². The van der Waals surface area contributed by atoms with Crippen molar-refractivity contribution < 1.29 is 9.13 Å². The van der Waals surface area contributed by atoms with Gasteiger partial charge in [-0.25, -0.2) is 9.07 Å². The van der Waals surface area contributed by atoms with E-state index in [9.17, 15) is 9.65 Å². The predicted octanol–water partition coefficient (Wildman–Crippen LogP) is 3.85. The Kier molecular flexibility index (Phi) is 3.93. The number of aryl methyl sites for hydroxylation is 2. The first kappa shape index (κ1) is 16.9. The van der Waals surface area contributed by atoms with Crippen molar-refractivity contribution in [3.8, 4) is 17.6 Å². The molecule has 0 aliphatic carbocycles. The Morgan fingerprint density at radius 2 is 1.93 bits per heavy atom. The molecule has 2 aromatic carbocycles. The summed E-state index contributed by atoms with van der Waals surface area (Å²) in [5.41, 5.74) is 10.4. The fraction of sp³-hybridized carbons (Fsp3) is 0.143. The summed E-state index contributed by atoms with van der Waals surface area (Å²) < 4.78 is 21.0. The van der Waals surface area contributed by atoms with Gasteiger partial charge in [0.05, 0.1) is 22.9 Å². The predicted molar refractivity (Wildman–Crippen MR) is 98.7 cm³/mol. The Balaban J connectivity index is 1.95. The Labute approximate surface area is 156 Å². The highest BCUT2D eigenvalue weighted by atomic mass is 19.1. The van der Waals surface area contributed by atoms with E-state index in [0.717, 1.165) is 16.7 Å². The molecule has 3 aromatic rings. The van der Waals surface area contributed by atoms with E-state index in [2.05, 4.69) is 11.2 Å². The van der Waals surface area contributed by atoms with Gasteiger partial charge < -0.3 is 10.5 Å². The molecule has 27 heavy (non-hydrogen) atoms. The van der Waals surface area contributed by atoms with Gasteiger partial charge in [0, 0.05) is 0 Å². The molecule has 6 heteroatoms. The van der Waals surface area contributed by atoms with E-state index in [0.29, 0.717) is 22.8 Å². The molecule has 0 radical (unpaired) electrons. The summed E-state index contributed by atoms with van der Waals surface area (Å²) in [6.45, 7) is 3.84. The van der Waals surface area contributed by atoms with E-state index in [1.807, 2.05) is 38.1 Å². The average Bonchev–Trinajstić information content (AvgIpc) is 2.97. The Morgan fingerprint density at radius 1 is 1.19 bits per heavy atom. The normalized spacial score (nSPS) is 15.9. The van der Waals surface area contributed by atoms with Crippen LogP contribution in [0.5, 0.6) is 5.88 Å². The minimum atomic E-state index is -0.387. The summed E-state index contributed by atoms with van der Waals surface area (Å²) in [6.07, 6.45) is 0. The fourth-order valence-electron chi connectivity index (χ4n) is 3.39. The number of rotatable bonds is 2. The molecule has 2 heterocycles. The number of hydrogen-bond acceptors (Lipinski definition) is 4. The molecule has 1 aliphatic rings. The first-order chi connectivity index (χ1) is 13.0. The minimum absolute atomic E-state index is 0.0353. The highest BCUT2D eigenvalue weighted by molar-refractivity contribution is 5.57. The number of benzene rings is 2. The number of hydrogen-bond donors (Lipinski definition) is 1. The number of ether oxygens (including phenoxy) is 1. The number of nitrogens with two attached hydrogens (primary N) is 1. The molecule has 4 rings (SSSR count). The molecular weight excluding hydrogens is 343 g/mol. The third kappa shape index (κ3) is 2.74. The molecule has 1 atom stereocenters. The standard InChI is InChI=1S/C21H17FN4O/c1-12-6-8-14(9-7-12)19-17(11-23)20(24)27-21-18(19)13(2)25-26(21)16-5-3-4-15(22)10-16/h3-10,19H,24H2,1-2H3/t19-/m1/s1. The summed E-state index contributed by atoms with van der Waals surface area (Å²) in [5.74, 6) is -0.323. The topological polar surface area (TPSA) is 76.9 Å². The van der Waals surface area contributed by atoms with E-state index in [1.54, 1.807) is 12.1 Å². The Morgan fingerprint density at radius 3 is 2.59 bits per heavy atom. The lowest BCUT2D eigenvalue weighted by atomic mass is 9.84. The van der Waals surface area contributed by atoms with Gasteiger partial charge in [0.2, 0.25) is 11.8 Å². The smallest absolute Gasteiger partial charge is 0.229 e. The van der Waals surface area contributed by atoms with Crippen LogP contribution in [0.15, 0.2) is 60.0 Å². The first-order valence-electron chi connectivity index (χ1n) is 8.49. The molecule has 5 nitrogen and oxygen atoms in total. The van der Waals surface area contributed by atoms with Gasteiger partial charge in [0.1, 0.15) is 17.5 Å². The van der Waals surface area contributed by atoms with E-state index >= 15 is 0 Å². The van der Waals surface area contributed by atoms with Crippen molar-refractivity contribution in [2.45, 2.75) is 19.8 Å². The molecule has 0 amide bonds. The molecule has 1 aromatic heterocycles. The van der Waals surface area contributed by atoms with Crippen LogP contribution in [0.1, 0.15) is 28.3 Å². The number of nitriles is 1. The molecular formula is C21H17FN4O. The Hall–Kier alpha value is -3.59. The Bertz CT molecular complexity index is 1110. The largest absolute Gasteiger partial charge is 0.422 e. The van der Waals surface area contributed by atoms with Crippen LogP contribution in [-0.2, 0) is 0 Å². The zero-order chi connectivity index (χ0) is 19.1. The molecule has 0 saturated carbocycles. The van der Waals surface area contributed by atoms with Gasteiger partial charge in [-0.2, -0.15) is 10.4 Å². The second-order valence-corrected chi connectivity index (χ2v) is 6.53. The molecule has 0 spiro atoms. The van der Waals surface area contributed by atoms with Gasteiger partial charge in [0.15, 0.2) is 0 Å². The van der Waals surface area contributed by atoms with Gasteiger partial charge in [-0.1, -0.05) is 35.9 Å². The van der Waals surface area contributed by atoms with Crippen molar-refractivity contribution in [1.82, 2.24) is 9.78 Å². The van der Waals surface area contributed by atoms with Crippen molar-refractivity contribution in [2.75, 3.05) is 0 Å². The van der Waals surface area contributed by atoms with E-state index < -0.39 is 0 Å². The maximum absolute atomic E-state index is 13.7. The lowest BCUT2D eigenvalue weighted by molar-refractivity contribution is 0.367. The second kappa shape index (κ2) is 6.29. The summed E-state index contributed by atoms with van der Waals surface area (Å²) in [4.78, 5) is 0. The molecule has 2 N–H and O–H groups in total. The maximum atomic E-state index is 13.7. The monoisotopic (exact) mass is 360 g/mol. The van der Waals surface area contributed by atoms with E-state index in [4.69, 9.17) is 10.5 Å². The van der Waals surface area contributed by atoms with Gasteiger partial charge in [0.25, 0.3) is 0 Å². The van der Waals surface area contributed by atoms with E-state index in [1.165, 1.54) is 16.8 Å². The molecule has 0 fully saturated rings. The second-order valence-electron chi connectivity index (χ2n) is 6.53. The molecule has 134 valence electrons. The first-order valence-corrected chi connectivity index (χ1v) is 8.49. The zero-order valence-corrected chi connectivity index (χ0v) is 14.9. The number of fused-ring (bicyclic) bond motifs is 1. The number of nitrogens with zero attached hydrogens (tertiary/aromatic N) is 3. The summed E-state index contributed by atoms with van der Waals surface area (Å²) in [5, 5.41) is 14.2. The van der Waals surface area contributed by atoms with Crippen LogP contribution in [0.3, 0.4) is 0 Å². The van der Waals surface area contributed by atoms with Crippen LogP contribution in [0, 0.1) is 31.0 Å². The van der Waals surface area contributed by atoms with Crippen LogP contribution in [-0.4, -0.2) is 9.78 Å². The van der Waals surface area contributed by atoms with Crippen molar-refractivity contribution in [2.24, 2.45) is 5.73 Å². The quantitative estimate of drug-likeness (QED) is 0.753. The van der Waals surface area contributed by atoms with Gasteiger partial charge in [-0.3, -0.25) is 0 Å². The summed E-state index contributed by atoms with van der Waals surface area (Å²) in [6, 6.07) is 16.2. The third-order valence-electron chi connectivity index (χ3n) is 4.70.